The lowest BCUT2D eigenvalue weighted by atomic mass is 10.1. The van der Waals surface area contributed by atoms with Crippen LogP contribution in [0, 0.1) is 6.57 Å². The molecule has 0 aromatic rings. The maximum atomic E-state index is 6.66. The van der Waals surface area contributed by atoms with Gasteiger partial charge in [-0.2, -0.15) is 6.57 Å². The lowest BCUT2D eigenvalue weighted by Gasteiger charge is -2.23. The highest BCUT2D eigenvalue weighted by Gasteiger charge is 2.10. The van der Waals surface area contributed by atoms with Gasteiger partial charge in [-0.25, -0.2) is 0 Å². The number of nitrogens with zero attached hydrogens (tertiary/aromatic N) is 3. The van der Waals surface area contributed by atoms with Gasteiger partial charge in [0.15, 0.2) is 5.84 Å². The zero-order valence-corrected chi connectivity index (χ0v) is 8.29. The molecule has 1 fully saturated rings. The van der Waals surface area contributed by atoms with Crippen LogP contribution in [0.25, 0.3) is 4.95 Å². The van der Waals surface area contributed by atoms with Crippen LogP contribution in [0.15, 0.2) is 5.10 Å². The first-order chi connectivity index (χ1) is 6.34. The lowest BCUT2D eigenvalue weighted by Crippen LogP contribution is -2.31. The second-order valence-corrected chi connectivity index (χ2v) is 3.50. The van der Waals surface area contributed by atoms with Crippen molar-refractivity contribution < 1.29 is 0 Å². The number of hydrogen-bond acceptors (Lipinski definition) is 1. The largest absolute Gasteiger partial charge is 0.355 e. The first-order valence-corrected chi connectivity index (χ1v) is 5.00. The Kier molecular flexibility index (Phi) is 4.31. The summed E-state index contributed by atoms with van der Waals surface area (Å²) in [5, 5.41) is 3.75. The van der Waals surface area contributed by atoms with Crippen LogP contribution in [-0.4, -0.2) is 23.8 Å². The van der Waals surface area contributed by atoms with Gasteiger partial charge in [0, 0.05) is 20.0 Å². The zero-order chi connectivity index (χ0) is 9.52. The van der Waals surface area contributed by atoms with Crippen molar-refractivity contribution in [2.24, 2.45) is 5.10 Å². The topological polar surface area (TPSA) is 20.0 Å². The molecule has 0 aliphatic carbocycles. The summed E-state index contributed by atoms with van der Waals surface area (Å²) in [7, 11) is 0. The van der Waals surface area contributed by atoms with Crippen molar-refractivity contribution in [3.8, 4) is 0 Å². The second-order valence-electron chi connectivity index (χ2n) is 3.50. The summed E-state index contributed by atoms with van der Waals surface area (Å²) in [5.41, 5.74) is 0. The van der Waals surface area contributed by atoms with Gasteiger partial charge in [0.2, 0.25) is 0 Å². The minimum Gasteiger partial charge on any atom is -0.355 e. The summed E-state index contributed by atoms with van der Waals surface area (Å²) in [6.45, 7) is 10.7. The van der Waals surface area contributed by atoms with Gasteiger partial charge in [0.25, 0.3) is 0 Å². The van der Waals surface area contributed by atoms with E-state index in [9.17, 15) is 0 Å². The second kappa shape index (κ2) is 5.58. The predicted molar refractivity (Wildman–Crippen MR) is 54.4 cm³/mol. The van der Waals surface area contributed by atoms with Crippen LogP contribution in [-0.2, 0) is 0 Å². The SMILES string of the molecule is [C-]#[N+]/N=C(\C)N1CCCCCCC1. The normalized spacial score (nSPS) is 20.3. The van der Waals surface area contributed by atoms with E-state index in [0.717, 1.165) is 18.9 Å². The van der Waals surface area contributed by atoms with Crippen molar-refractivity contribution in [1.29, 1.82) is 0 Å². The van der Waals surface area contributed by atoms with Crippen LogP contribution in [0.2, 0.25) is 0 Å². The Bertz CT molecular complexity index is 207. The minimum atomic E-state index is 0.886. The third-order valence-corrected chi connectivity index (χ3v) is 2.51. The van der Waals surface area contributed by atoms with Gasteiger partial charge in [-0.05, 0) is 12.8 Å². The quantitative estimate of drug-likeness (QED) is 0.242. The standard InChI is InChI=1S/C10H17N3/c1-10(12-11-2)13-8-6-4-3-5-7-9-13/h3-9H2,1H3/b12-10+. The highest BCUT2D eigenvalue weighted by atomic mass is 15.3. The van der Waals surface area contributed by atoms with Crippen molar-refractivity contribution in [3.05, 3.63) is 11.5 Å². The molecule has 1 rings (SSSR count). The smallest absolute Gasteiger partial charge is 0.185 e. The molecule has 0 atom stereocenters. The van der Waals surface area contributed by atoms with Gasteiger partial charge in [-0.3, -0.25) is 0 Å². The molecule has 0 aromatic carbocycles. The van der Waals surface area contributed by atoms with Crippen LogP contribution >= 0.6 is 0 Å². The number of amidine groups is 1. The Hall–Kier alpha value is -1.04. The van der Waals surface area contributed by atoms with E-state index in [0.29, 0.717) is 0 Å². The molecule has 0 radical (unpaired) electrons. The van der Waals surface area contributed by atoms with E-state index in [1.165, 1.54) is 32.1 Å². The molecule has 0 saturated carbocycles. The molecule has 72 valence electrons. The average Bonchev–Trinajstić information content (AvgIpc) is 2.03. The van der Waals surface area contributed by atoms with Crippen LogP contribution in [0.4, 0.5) is 0 Å². The Morgan fingerprint density at radius 1 is 1.15 bits per heavy atom. The van der Waals surface area contributed by atoms with Gasteiger partial charge < -0.3 is 4.90 Å². The maximum absolute atomic E-state index is 6.66. The van der Waals surface area contributed by atoms with E-state index >= 15 is 0 Å². The zero-order valence-electron chi connectivity index (χ0n) is 8.29. The van der Waals surface area contributed by atoms with E-state index in [4.69, 9.17) is 6.57 Å². The van der Waals surface area contributed by atoms with Gasteiger partial charge in [0.1, 0.15) is 5.10 Å². The van der Waals surface area contributed by atoms with Crippen LogP contribution < -0.4 is 0 Å². The van der Waals surface area contributed by atoms with Crippen LogP contribution in [0.3, 0.4) is 0 Å². The lowest BCUT2D eigenvalue weighted by molar-refractivity contribution is 0.360. The number of rotatable bonds is 0. The monoisotopic (exact) mass is 179 g/mol. The fraction of sp³-hybridized carbons (Fsp3) is 0.800. The Morgan fingerprint density at radius 2 is 1.69 bits per heavy atom. The van der Waals surface area contributed by atoms with E-state index in [1.807, 2.05) is 6.92 Å². The molecule has 3 nitrogen and oxygen atoms in total. The molecule has 0 amide bonds. The predicted octanol–water partition coefficient (Wildman–Crippen LogP) is 2.51. The molecule has 0 bridgehead atoms. The molecule has 1 heterocycles. The molecule has 1 saturated heterocycles. The minimum absolute atomic E-state index is 0.886. The third-order valence-electron chi connectivity index (χ3n) is 2.51. The summed E-state index contributed by atoms with van der Waals surface area (Å²) in [6.07, 6.45) is 6.49. The summed E-state index contributed by atoms with van der Waals surface area (Å²) < 4.78 is 0. The maximum Gasteiger partial charge on any atom is 0.185 e. The Balaban J connectivity index is 2.46. The molecule has 0 N–H and O–H groups in total. The van der Waals surface area contributed by atoms with Gasteiger partial charge in [0.05, 0.1) is 0 Å². The summed E-state index contributed by atoms with van der Waals surface area (Å²) in [5.74, 6) is 0.886. The van der Waals surface area contributed by atoms with E-state index in [-0.39, 0.29) is 0 Å². The first-order valence-electron chi connectivity index (χ1n) is 5.00. The fourth-order valence-electron chi connectivity index (χ4n) is 1.71. The van der Waals surface area contributed by atoms with Crippen molar-refractivity contribution in [2.45, 2.75) is 39.0 Å². The van der Waals surface area contributed by atoms with Crippen molar-refractivity contribution in [2.75, 3.05) is 13.1 Å². The summed E-state index contributed by atoms with van der Waals surface area (Å²) in [6, 6.07) is 0. The van der Waals surface area contributed by atoms with Crippen LogP contribution in [0.5, 0.6) is 0 Å². The highest BCUT2D eigenvalue weighted by molar-refractivity contribution is 5.79. The fourth-order valence-corrected chi connectivity index (χ4v) is 1.71. The van der Waals surface area contributed by atoms with Crippen LogP contribution in [0.1, 0.15) is 39.0 Å². The van der Waals surface area contributed by atoms with Crippen molar-refractivity contribution >= 4 is 5.84 Å². The molecule has 0 spiro atoms. The van der Waals surface area contributed by atoms with E-state index in [2.05, 4.69) is 15.0 Å². The van der Waals surface area contributed by atoms with Crippen molar-refractivity contribution in [3.63, 3.8) is 0 Å². The third kappa shape index (κ3) is 3.45. The van der Waals surface area contributed by atoms with E-state index < -0.39 is 0 Å². The summed E-state index contributed by atoms with van der Waals surface area (Å²) in [4.78, 5) is 5.29. The molecular formula is C10H17N3. The molecule has 1 aliphatic heterocycles. The molecule has 0 unspecified atom stereocenters. The molecule has 1 aliphatic rings. The van der Waals surface area contributed by atoms with Gasteiger partial charge in [-0.1, -0.05) is 19.3 Å². The number of likely N-dealkylation sites (tertiary alicyclic amines) is 1. The molecule has 0 aromatic heterocycles. The van der Waals surface area contributed by atoms with Gasteiger partial charge >= 0.3 is 0 Å². The summed E-state index contributed by atoms with van der Waals surface area (Å²) >= 11 is 0. The molecular weight excluding hydrogens is 162 g/mol. The van der Waals surface area contributed by atoms with E-state index in [1.54, 1.807) is 0 Å². The average molecular weight is 179 g/mol. The Morgan fingerprint density at radius 3 is 2.23 bits per heavy atom. The molecule has 13 heavy (non-hydrogen) atoms. The molecule has 3 heteroatoms. The number of hydrogen-bond donors (Lipinski definition) is 0. The van der Waals surface area contributed by atoms with Gasteiger partial charge in [-0.15, -0.1) is 4.95 Å². The first kappa shape index (κ1) is 10.0. The highest BCUT2D eigenvalue weighted by Crippen LogP contribution is 2.10. The van der Waals surface area contributed by atoms with Crippen molar-refractivity contribution in [1.82, 2.24) is 4.90 Å². The Labute approximate surface area is 80.2 Å².